The maximum absolute atomic E-state index is 14.5. The molecule has 1 aliphatic heterocycles. The zero-order chi connectivity index (χ0) is 19.2. The second-order valence-corrected chi connectivity index (χ2v) is 8.36. The first-order valence-electron chi connectivity index (χ1n) is 9.31. The van der Waals surface area contributed by atoms with E-state index in [0.29, 0.717) is 17.3 Å². The Bertz CT molecular complexity index is 975. The van der Waals surface area contributed by atoms with Crippen LogP contribution in [0.3, 0.4) is 0 Å². The number of aromatic nitrogens is 4. The minimum Gasteiger partial charge on any atom is -0.356 e. The lowest BCUT2D eigenvalue weighted by atomic mass is 9.79. The van der Waals surface area contributed by atoms with Gasteiger partial charge in [-0.15, -0.1) is 0 Å². The smallest absolute Gasteiger partial charge is 0.181 e. The molecule has 148 valence electrons. The lowest BCUT2D eigenvalue weighted by molar-refractivity contribution is 0.249. The fourth-order valence-corrected chi connectivity index (χ4v) is 3.81. The Kier molecular flexibility index (Phi) is 4.34. The number of nitrogens with zero attached hydrogens (tertiary/aromatic N) is 4. The predicted octanol–water partition coefficient (Wildman–Crippen LogP) is 4.10. The van der Waals surface area contributed by atoms with E-state index in [2.05, 4.69) is 45.8 Å². The van der Waals surface area contributed by atoms with E-state index in [1.165, 1.54) is 6.07 Å². The van der Waals surface area contributed by atoms with Crippen LogP contribution in [0.2, 0.25) is 0 Å². The number of nitrogens with two attached hydrogens (primary N) is 1. The molecule has 4 rings (SSSR count). The Morgan fingerprint density at radius 2 is 2.15 bits per heavy atom. The van der Waals surface area contributed by atoms with Gasteiger partial charge >= 0.3 is 0 Å². The minimum atomic E-state index is -0.379. The first kappa shape index (κ1) is 17.9. The Labute approximate surface area is 162 Å². The van der Waals surface area contributed by atoms with Crippen LogP contribution < -0.4 is 10.6 Å². The number of pyridine rings is 2. The van der Waals surface area contributed by atoms with Crippen molar-refractivity contribution in [2.75, 3.05) is 18.0 Å². The third-order valence-electron chi connectivity index (χ3n) is 5.45. The van der Waals surface area contributed by atoms with Crippen molar-refractivity contribution in [1.82, 2.24) is 20.2 Å². The van der Waals surface area contributed by atoms with Crippen molar-refractivity contribution >= 4 is 16.9 Å². The van der Waals surface area contributed by atoms with Crippen molar-refractivity contribution in [2.24, 2.45) is 17.1 Å². The summed E-state index contributed by atoms with van der Waals surface area (Å²) < 4.78 is 14.5. The van der Waals surface area contributed by atoms with Crippen molar-refractivity contribution in [3.8, 4) is 11.4 Å². The molecule has 6 nitrogen and oxygen atoms in total. The molecule has 3 aromatic rings. The molecule has 0 aliphatic carbocycles. The maximum Gasteiger partial charge on any atom is 0.181 e. The Morgan fingerprint density at radius 1 is 1.33 bits per heavy atom. The number of hydrogen-bond donors (Lipinski definition) is 2. The van der Waals surface area contributed by atoms with Gasteiger partial charge in [0.05, 0.1) is 5.69 Å². The molecule has 2 atom stereocenters. The van der Waals surface area contributed by atoms with Gasteiger partial charge in [-0.1, -0.05) is 20.8 Å². The number of anilines is 1. The monoisotopic (exact) mass is 374 g/mol. The largest absolute Gasteiger partial charge is 0.356 e. The van der Waals surface area contributed by atoms with E-state index in [1.54, 1.807) is 12.3 Å². The summed E-state index contributed by atoms with van der Waals surface area (Å²) in [5.74, 6) is 0.787. The first-order valence-corrected chi connectivity index (χ1v) is 9.31. The van der Waals surface area contributed by atoms with E-state index in [4.69, 9.17) is 5.73 Å². The van der Waals surface area contributed by atoms with E-state index in [1.807, 2.05) is 12.1 Å². The van der Waals surface area contributed by atoms with E-state index in [0.717, 1.165) is 30.7 Å². The van der Waals surface area contributed by atoms with Gasteiger partial charge < -0.3 is 10.6 Å². The number of aromatic amines is 1. The summed E-state index contributed by atoms with van der Waals surface area (Å²) in [6.07, 6.45) is 2.68. The zero-order valence-electron chi connectivity index (χ0n) is 15.9. The number of rotatable bonds is 3. The average Bonchev–Trinajstić information content (AvgIpc) is 3.28. The molecule has 1 aliphatic rings. The summed E-state index contributed by atoms with van der Waals surface area (Å²) in [4.78, 5) is 11.0. The number of halogens is 1. The Morgan fingerprint density at radius 3 is 2.93 bits per heavy atom. The number of hydrogen-bond acceptors (Lipinski definition) is 5. The summed E-state index contributed by atoms with van der Waals surface area (Å²) in [7, 11) is 0. The summed E-state index contributed by atoms with van der Waals surface area (Å²) >= 11 is 0. The Balaban J connectivity index is 0.00000150. The van der Waals surface area contributed by atoms with E-state index < -0.39 is 0 Å². The highest BCUT2D eigenvalue weighted by Crippen LogP contribution is 2.33. The van der Waals surface area contributed by atoms with Crippen LogP contribution in [0.4, 0.5) is 10.2 Å². The third kappa shape index (κ3) is 3.27. The van der Waals surface area contributed by atoms with Gasteiger partial charge in [-0.25, -0.2) is 14.4 Å². The summed E-state index contributed by atoms with van der Waals surface area (Å²) in [5.41, 5.74) is 7.90. The quantitative estimate of drug-likeness (QED) is 0.721. The fraction of sp³-hybridized carbons (Fsp3) is 0.450. The van der Waals surface area contributed by atoms with Gasteiger partial charge in [-0.2, -0.15) is 5.10 Å². The lowest BCUT2D eigenvalue weighted by Crippen LogP contribution is -2.42. The van der Waals surface area contributed by atoms with Crippen LogP contribution in [0.1, 0.15) is 31.5 Å². The van der Waals surface area contributed by atoms with Gasteiger partial charge in [0, 0.05) is 35.0 Å². The van der Waals surface area contributed by atoms with Crippen LogP contribution in [-0.2, 0) is 0 Å². The van der Waals surface area contributed by atoms with Gasteiger partial charge in [-0.05, 0) is 42.0 Å². The van der Waals surface area contributed by atoms with Crippen molar-refractivity contribution in [3.63, 3.8) is 0 Å². The van der Waals surface area contributed by atoms with Crippen LogP contribution in [0.15, 0.2) is 30.5 Å². The maximum atomic E-state index is 14.5. The molecule has 1 fully saturated rings. The molecule has 7 heteroatoms. The molecule has 0 radical (unpaired) electrons. The molecule has 27 heavy (non-hydrogen) atoms. The molecule has 2 unspecified atom stereocenters. The van der Waals surface area contributed by atoms with Crippen molar-refractivity contribution in [1.29, 1.82) is 0 Å². The summed E-state index contributed by atoms with van der Waals surface area (Å²) in [6, 6.07) is 6.99. The molecule has 3 N–H and O–H groups in total. The first-order chi connectivity index (χ1) is 12.8. The minimum absolute atomic E-state index is 0. The highest BCUT2D eigenvalue weighted by molar-refractivity contribution is 5.89. The number of fused-ring (bicyclic) bond motifs is 1. The third-order valence-corrected chi connectivity index (χ3v) is 5.45. The molecule has 0 bridgehead atoms. The number of H-pyrrole nitrogens is 1. The molecule has 4 heterocycles. The molecule has 1 saturated heterocycles. The van der Waals surface area contributed by atoms with Gasteiger partial charge in [0.25, 0.3) is 0 Å². The fourth-order valence-electron chi connectivity index (χ4n) is 3.81. The highest BCUT2D eigenvalue weighted by Gasteiger charge is 2.34. The van der Waals surface area contributed by atoms with Gasteiger partial charge in [-0.3, -0.25) is 5.10 Å². The molecule has 0 spiro atoms. The van der Waals surface area contributed by atoms with Crippen LogP contribution in [-0.4, -0.2) is 39.3 Å². The van der Waals surface area contributed by atoms with Gasteiger partial charge in [0.15, 0.2) is 11.5 Å². The van der Waals surface area contributed by atoms with Crippen molar-refractivity contribution < 1.29 is 8.67 Å². The molecule has 0 saturated carbocycles. The van der Waals surface area contributed by atoms with E-state index in [9.17, 15) is 4.39 Å². The second kappa shape index (κ2) is 6.56. The van der Waals surface area contributed by atoms with Crippen LogP contribution in [0.5, 0.6) is 0 Å². The standard InChI is InChI=1S/C20H25FN6.3H2/c1-20(2,3)18(22)12-8-10-27(11-12)15-7-6-14(21)17(24-15)16-13-5-4-9-23-19(13)26-25-16;;;/h4-7,9,12,18H,8,10-11,22H2,1-3H3,(H,23,25,26);3*1H. The topological polar surface area (TPSA) is 83.7 Å². The SMILES string of the molecule is CC(C)(C)C(N)C1CCN(c2ccc(F)c(-c3[nH]nc4ncccc34)n2)C1.[HH].[HH].[HH]. The van der Waals surface area contributed by atoms with Crippen LogP contribution >= 0.6 is 0 Å². The molecular formula is C20H31FN6. The van der Waals surface area contributed by atoms with Crippen LogP contribution in [0, 0.1) is 17.2 Å². The average molecular weight is 375 g/mol. The van der Waals surface area contributed by atoms with Crippen molar-refractivity contribution in [2.45, 2.75) is 33.2 Å². The second-order valence-electron chi connectivity index (χ2n) is 8.36. The summed E-state index contributed by atoms with van der Waals surface area (Å²) in [5, 5.41) is 7.79. The normalized spacial score (nSPS) is 19.0. The number of nitrogens with one attached hydrogen (secondary N) is 1. The molecular weight excluding hydrogens is 343 g/mol. The molecule has 0 aromatic carbocycles. The highest BCUT2D eigenvalue weighted by atomic mass is 19.1. The predicted molar refractivity (Wildman–Crippen MR) is 111 cm³/mol. The Hall–Kier alpha value is -2.54. The van der Waals surface area contributed by atoms with Gasteiger partial charge in [0.2, 0.25) is 0 Å². The van der Waals surface area contributed by atoms with E-state index >= 15 is 0 Å². The lowest BCUT2D eigenvalue weighted by Gasteiger charge is -2.32. The van der Waals surface area contributed by atoms with Crippen molar-refractivity contribution in [3.05, 3.63) is 36.3 Å². The molecule has 3 aromatic heterocycles. The van der Waals surface area contributed by atoms with E-state index in [-0.39, 0.29) is 27.2 Å². The van der Waals surface area contributed by atoms with Gasteiger partial charge in [0.1, 0.15) is 11.5 Å². The van der Waals surface area contributed by atoms with Crippen LogP contribution in [0.25, 0.3) is 22.4 Å². The summed E-state index contributed by atoms with van der Waals surface area (Å²) in [6.45, 7) is 8.23. The molecule has 0 amide bonds. The zero-order valence-corrected chi connectivity index (χ0v) is 15.9.